The van der Waals surface area contributed by atoms with Crippen molar-refractivity contribution >= 4 is 28.3 Å². The van der Waals surface area contributed by atoms with E-state index in [4.69, 9.17) is 4.74 Å². The Balaban J connectivity index is 0.00000385. The van der Waals surface area contributed by atoms with E-state index in [1.165, 1.54) is 11.1 Å². The number of hydrogen-bond acceptors (Lipinski definition) is 5. The monoisotopic (exact) mass is 501 g/mol. The number of ether oxygens (including phenoxy) is 1. The van der Waals surface area contributed by atoms with E-state index in [9.17, 15) is 13.2 Å². The quantitative estimate of drug-likeness (QED) is 0.563. The van der Waals surface area contributed by atoms with Gasteiger partial charge < -0.3 is 14.5 Å². The number of piperidine rings is 1. The van der Waals surface area contributed by atoms with E-state index < -0.39 is 15.6 Å². The number of sulfonamides is 1. The number of fused-ring (bicyclic) bond motifs is 1. The topological polar surface area (TPSA) is 79.0 Å². The third-order valence-electron chi connectivity index (χ3n) is 6.68. The Bertz CT molecular complexity index is 914. The average Bonchev–Trinajstić information content (AvgIpc) is 3.18. The van der Waals surface area contributed by atoms with Crippen molar-refractivity contribution in [2.45, 2.75) is 65.0 Å². The molecule has 1 amide bonds. The smallest absolute Gasteiger partial charge is 0.243 e. The van der Waals surface area contributed by atoms with Crippen LogP contribution in [0.4, 0.5) is 0 Å². The van der Waals surface area contributed by atoms with Crippen molar-refractivity contribution in [3.63, 3.8) is 0 Å². The maximum atomic E-state index is 12.9. The summed E-state index contributed by atoms with van der Waals surface area (Å²) in [5.41, 5.74) is 1.56. The van der Waals surface area contributed by atoms with Gasteiger partial charge in [-0.25, -0.2) is 13.1 Å². The molecular weight excluding hydrogens is 462 g/mol. The molecule has 1 saturated heterocycles. The molecule has 9 heteroatoms. The van der Waals surface area contributed by atoms with Crippen molar-refractivity contribution in [3.05, 3.63) is 29.3 Å². The van der Waals surface area contributed by atoms with Crippen LogP contribution in [0.25, 0.3) is 0 Å². The fourth-order valence-electron chi connectivity index (χ4n) is 5.01. The number of likely N-dealkylation sites (tertiary alicyclic amines) is 1. The Labute approximate surface area is 205 Å². The number of benzene rings is 1. The van der Waals surface area contributed by atoms with Crippen molar-refractivity contribution in [3.8, 4) is 5.75 Å². The van der Waals surface area contributed by atoms with Crippen LogP contribution in [0.2, 0.25) is 0 Å². The first-order valence-corrected chi connectivity index (χ1v) is 13.6. The lowest BCUT2D eigenvalue weighted by Crippen LogP contribution is -2.57. The zero-order valence-electron chi connectivity index (χ0n) is 20.6. The molecule has 2 heterocycles. The van der Waals surface area contributed by atoms with Crippen LogP contribution in [-0.4, -0.2) is 74.7 Å². The summed E-state index contributed by atoms with van der Waals surface area (Å²) in [5, 5.41) is 0. The molecule has 2 aliphatic heterocycles. The minimum atomic E-state index is -3.45. The predicted octanol–water partition coefficient (Wildman–Crippen LogP) is 2.86. The minimum Gasteiger partial charge on any atom is -0.493 e. The molecule has 0 aliphatic carbocycles. The number of nitrogens with zero attached hydrogens (tertiary/aromatic N) is 2. The maximum absolute atomic E-state index is 12.9. The maximum Gasteiger partial charge on any atom is 0.243 e. The van der Waals surface area contributed by atoms with E-state index in [-0.39, 0.29) is 18.3 Å². The molecule has 1 aromatic carbocycles. The van der Waals surface area contributed by atoms with Crippen molar-refractivity contribution in [1.82, 2.24) is 14.5 Å². The van der Waals surface area contributed by atoms with Gasteiger partial charge in [0.15, 0.2) is 0 Å². The van der Waals surface area contributed by atoms with Crippen LogP contribution in [0, 0.1) is 5.92 Å². The molecule has 188 valence electrons. The van der Waals surface area contributed by atoms with E-state index in [0.29, 0.717) is 25.0 Å². The molecule has 3 rings (SSSR count). The second-order valence-corrected chi connectivity index (χ2v) is 11.7. The molecule has 7 nitrogen and oxygen atoms in total. The first-order valence-electron chi connectivity index (χ1n) is 11.8. The van der Waals surface area contributed by atoms with Gasteiger partial charge in [-0.2, -0.15) is 0 Å². The second-order valence-electron chi connectivity index (χ2n) is 9.92. The van der Waals surface area contributed by atoms with Crippen LogP contribution >= 0.6 is 12.4 Å². The molecule has 0 spiro atoms. The Kier molecular flexibility index (Phi) is 9.62. The van der Waals surface area contributed by atoms with E-state index in [1.54, 1.807) is 18.7 Å². The third-order valence-corrected chi connectivity index (χ3v) is 7.57. The van der Waals surface area contributed by atoms with Gasteiger partial charge in [-0.15, -0.1) is 12.4 Å². The molecular formula is C24H40ClN3O4S. The van der Waals surface area contributed by atoms with Crippen LogP contribution < -0.4 is 9.46 Å². The van der Waals surface area contributed by atoms with Crippen LogP contribution in [0.3, 0.4) is 0 Å². The van der Waals surface area contributed by atoms with Crippen LogP contribution in [0.5, 0.6) is 5.75 Å². The molecule has 1 atom stereocenters. The van der Waals surface area contributed by atoms with Crippen LogP contribution in [0.15, 0.2) is 18.2 Å². The van der Waals surface area contributed by atoms with Gasteiger partial charge in [0.05, 0.1) is 12.9 Å². The van der Waals surface area contributed by atoms with Gasteiger partial charge in [0.1, 0.15) is 11.3 Å². The van der Waals surface area contributed by atoms with Crippen molar-refractivity contribution in [2.75, 3.05) is 39.0 Å². The predicted molar refractivity (Wildman–Crippen MR) is 135 cm³/mol. The zero-order valence-corrected chi connectivity index (χ0v) is 22.2. The molecule has 2 aliphatic rings. The van der Waals surface area contributed by atoms with E-state index in [0.717, 1.165) is 57.4 Å². The fourth-order valence-corrected chi connectivity index (χ4v) is 6.02. The normalized spacial score (nSPS) is 17.9. The molecule has 0 aromatic heterocycles. The summed E-state index contributed by atoms with van der Waals surface area (Å²) in [6, 6.07) is 7.03. The van der Waals surface area contributed by atoms with Gasteiger partial charge in [-0.1, -0.05) is 19.1 Å². The summed E-state index contributed by atoms with van der Waals surface area (Å²) >= 11 is 0. The SMILES string of the molecule is CCN(CC1CCN(C(=O)C(C)(C)NS(C)(=O)=O)CC1)[C@@H](C)Cc1ccc2c(c1)CCO2.Cl. The molecule has 0 bridgehead atoms. The Morgan fingerprint density at radius 3 is 2.58 bits per heavy atom. The van der Waals surface area contributed by atoms with Gasteiger partial charge in [-0.3, -0.25) is 4.79 Å². The fraction of sp³-hybridized carbons (Fsp3) is 0.708. The van der Waals surface area contributed by atoms with E-state index in [1.807, 2.05) is 0 Å². The summed E-state index contributed by atoms with van der Waals surface area (Å²) in [4.78, 5) is 17.2. The van der Waals surface area contributed by atoms with Crippen molar-refractivity contribution in [1.29, 1.82) is 0 Å². The summed E-state index contributed by atoms with van der Waals surface area (Å²) in [5.74, 6) is 1.42. The lowest BCUT2D eigenvalue weighted by molar-refractivity contribution is -0.137. The Hall–Kier alpha value is -1.35. The highest BCUT2D eigenvalue weighted by molar-refractivity contribution is 7.88. The largest absolute Gasteiger partial charge is 0.493 e. The number of halogens is 1. The van der Waals surface area contributed by atoms with Crippen molar-refractivity contribution in [2.24, 2.45) is 5.92 Å². The molecule has 0 unspecified atom stereocenters. The summed E-state index contributed by atoms with van der Waals surface area (Å²) in [6.45, 7) is 11.9. The molecule has 0 radical (unpaired) electrons. The Morgan fingerprint density at radius 2 is 1.97 bits per heavy atom. The average molecular weight is 502 g/mol. The third kappa shape index (κ3) is 7.57. The second kappa shape index (κ2) is 11.4. The number of rotatable bonds is 9. The number of amides is 1. The van der Waals surface area contributed by atoms with Crippen LogP contribution in [0.1, 0.15) is 51.7 Å². The number of likely N-dealkylation sites (N-methyl/N-ethyl adjacent to an activating group) is 1. The van der Waals surface area contributed by atoms with E-state index >= 15 is 0 Å². The molecule has 33 heavy (non-hydrogen) atoms. The molecule has 1 N–H and O–H groups in total. The number of carbonyl (C=O) groups is 1. The molecule has 0 saturated carbocycles. The van der Waals surface area contributed by atoms with Crippen molar-refractivity contribution < 1.29 is 17.9 Å². The highest BCUT2D eigenvalue weighted by Crippen LogP contribution is 2.27. The summed E-state index contributed by atoms with van der Waals surface area (Å²) in [6.07, 6.45) is 5.00. The number of nitrogens with one attached hydrogen (secondary N) is 1. The van der Waals surface area contributed by atoms with Gasteiger partial charge in [0.25, 0.3) is 0 Å². The standard InChI is InChI=1S/C24H39N3O4S.ClH/c1-6-26(18(2)15-20-7-8-22-21(16-20)11-14-31-22)17-19-9-12-27(13-10-19)23(28)24(3,4)25-32(5,29)30;/h7-8,16,18-19,25H,6,9-15,17H2,1-5H3;1H/t18-;/m0./s1. The number of hydrogen-bond donors (Lipinski definition) is 1. The lowest BCUT2D eigenvalue weighted by Gasteiger charge is -2.39. The highest BCUT2D eigenvalue weighted by atomic mass is 35.5. The van der Waals surface area contributed by atoms with Gasteiger partial charge >= 0.3 is 0 Å². The zero-order chi connectivity index (χ0) is 23.5. The van der Waals surface area contributed by atoms with Gasteiger partial charge in [0.2, 0.25) is 15.9 Å². The molecule has 1 aromatic rings. The van der Waals surface area contributed by atoms with E-state index in [2.05, 4.69) is 41.7 Å². The minimum absolute atomic E-state index is 0. The first kappa shape index (κ1) is 27.9. The summed E-state index contributed by atoms with van der Waals surface area (Å²) < 4.78 is 31.3. The van der Waals surface area contributed by atoms with Gasteiger partial charge in [-0.05, 0) is 69.7 Å². The Morgan fingerprint density at radius 1 is 1.30 bits per heavy atom. The highest BCUT2D eigenvalue weighted by Gasteiger charge is 2.36. The van der Waals surface area contributed by atoms with Gasteiger partial charge in [0, 0.05) is 32.1 Å². The summed E-state index contributed by atoms with van der Waals surface area (Å²) in [7, 11) is -3.45. The lowest BCUT2D eigenvalue weighted by atomic mass is 9.93. The number of carbonyl (C=O) groups excluding carboxylic acids is 1. The first-order chi connectivity index (χ1) is 15.0. The molecule has 1 fully saturated rings. The van der Waals surface area contributed by atoms with Crippen LogP contribution in [-0.2, 0) is 27.7 Å².